The summed E-state index contributed by atoms with van der Waals surface area (Å²) in [6.07, 6.45) is -0.200. The Labute approximate surface area is 140 Å². The molecule has 1 saturated heterocycles. The van der Waals surface area contributed by atoms with Crippen LogP contribution in [0.4, 0.5) is 0 Å². The summed E-state index contributed by atoms with van der Waals surface area (Å²) in [4.78, 5) is 34.9. The quantitative estimate of drug-likeness (QED) is 0.577. The SMILES string of the molecule is COC(=O)[C@@]1(S(=O)(=O)c2ccccc2)CCCN1C(=O)CC(C)=O. The maximum Gasteiger partial charge on any atom is 0.348 e. The van der Waals surface area contributed by atoms with Crippen LogP contribution in [0.15, 0.2) is 35.2 Å². The Balaban J connectivity index is 2.61. The van der Waals surface area contributed by atoms with E-state index in [0.29, 0.717) is 6.42 Å². The number of rotatable bonds is 5. The van der Waals surface area contributed by atoms with Crippen LogP contribution in [0, 0.1) is 0 Å². The lowest BCUT2D eigenvalue weighted by Crippen LogP contribution is -2.58. The zero-order valence-corrected chi connectivity index (χ0v) is 14.3. The van der Waals surface area contributed by atoms with Crippen LogP contribution in [0.3, 0.4) is 0 Å². The number of sulfone groups is 1. The molecule has 1 aliphatic rings. The van der Waals surface area contributed by atoms with Gasteiger partial charge in [-0.1, -0.05) is 18.2 Å². The van der Waals surface area contributed by atoms with Gasteiger partial charge in [-0.2, -0.15) is 0 Å². The predicted molar refractivity (Wildman–Crippen MR) is 84.6 cm³/mol. The summed E-state index contributed by atoms with van der Waals surface area (Å²) in [6.45, 7) is 1.31. The van der Waals surface area contributed by atoms with E-state index in [1.807, 2.05) is 0 Å². The van der Waals surface area contributed by atoms with Crippen molar-refractivity contribution in [2.24, 2.45) is 0 Å². The molecule has 0 unspecified atom stereocenters. The number of ether oxygens (including phenoxy) is 1. The van der Waals surface area contributed by atoms with Gasteiger partial charge >= 0.3 is 5.97 Å². The van der Waals surface area contributed by atoms with Crippen molar-refractivity contribution in [3.63, 3.8) is 0 Å². The smallest absolute Gasteiger partial charge is 0.348 e. The molecule has 24 heavy (non-hydrogen) atoms. The van der Waals surface area contributed by atoms with Gasteiger partial charge in [0.1, 0.15) is 5.78 Å². The van der Waals surface area contributed by atoms with Gasteiger partial charge in [0.2, 0.25) is 20.6 Å². The molecule has 0 aliphatic carbocycles. The van der Waals surface area contributed by atoms with Crippen molar-refractivity contribution in [3.05, 3.63) is 30.3 Å². The van der Waals surface area contributed by atoms with Crippen molar-refractivity contribution in [1.82, 2.24) is 4.90 Å². The van der Waals surface area contributed by atoms with Crippen molar-refractivity contribution in [3.8, 4) is 0 Å². The highest BCUT2D eigenvalue weighted by Crippen LogP contribution is 2.40. The molecule has 0 radical (unpaired) electrons. The van der Waals surface area contributed by atoms with E-state index in [9.17, 15) is 22.8 Å². The van der Waals surface area contributed by atoms with E-state index in [2.05, 4.69) is 0 Å². The van der Waals surface area contributed by atoms with Gasteiger partial charge in [0, 0.05) is 6.54 Å². The Morgan fingerprint density at radius 1 is 1.21 bits per heavy atom. The van der Waals surface area contributed by atoms with Crippen LogP contribution in [0.5, 0.6) is 0 Å². The first-order valence-electron chi connectivity index (χ1n) is 7.45. The monoisotopic (exact) mass is 353 g/mol. The predicted octanol–water partition coefficient (Wildman–Crippen LogP) is 0.931. The van der Waals surface area contributed by atoms with Crippen LogP contribution in [0.25, 0.3) is 0 Å². The van der Waals surface area contributed by atoms with Gasteiger partial charge in [-0.15, -0.1) is 0 Å². The molecule has 0 aromatic heterocycles. The molecule has 1 heterocycles. The van der Waals surface area contributed by atoms with Crippen molar-refractivity contribution in [2.45, 2.75) is 36.0 Å². The summed E-state index contributed by atoms with van der Waals surface area (Å²) < 4.78 is 31.1. The van der Waals surface area contributed by atoms with E-state index in [0.717, 1.165) is 12.0 Å². The number of ketones is 1. The van der Waals surface area contributed by atoms with Crippen molar-refractivity contribution in [1.29, 1.82) is 0 Å². The Morgan fingerprint density at radius 3 is 2.38 bits per heavy atom. The minimum absolute atomic E-state index is 0.0689. The Hall–Kier alpha value is -2.22. The van der Waals surface area contributed by atoms with Gasteiger partial charge in [-0.3, -0.25) is 9.59 Å². The van der Waals surface area contributed by atoms with Gasteiger partial charge in [-0.05, 0) is 31.9 Å². The molecule has 0 saturated carbocycles. The lowest BCUT2D eigenvalue weighted by atomic mass is 10.2. The molecule has 8 heteroatoms. The van der Waals surface area contributed by atoms with Gasteiger partial charge < -0.3 is 9.64 Å². The minimum atomic E-state index is -4.22. The Kier molecular flexibility index (Phi) is 5.08. The van der Waals surface area contributed by atoms with Crippen LogP contribution in [-0.4, -0.2) is 49.5 Å². The molecular weight excluding hydrogens is 334 g/mol. The van der Waals surface area contributed by atoms with Crippen LogP contribution < -0.4 is 0 Å². The van der Waals surface area contributed by atoms with Gasteiger partial charge in [0.05, 0.1) is 18.4 Å². The second kappa shape index (κ2) is 6.72. The number of methoxy groups -OCH3 is 1. The molecule has 2 rings (SSSR count). The Morgan fingerprint density at radius 2 is 1.83 bits per heavy atom. The molecule has 1 atom stereocenters. The fourth-order valence-corrected chi connectivity index (χ4v) is 5.09. The highest BCUT2D eigenvalue weighted by Gasteiger charge is 2.60. The number of hydrogen-bond acceptors (Lipinski definition) is 6. The number of esters is 1. The highest BCUT2D eigenvalue weighted by atomic mass is 32.2. The largest absolute Gasteiger partial charge is 0.466 e. The number of amides is 1. The average molecular weight is 353 g/mol. The fourth-order valence-electron chi connectivity index (χ4n) is 2.98. The number of Topliss-reactive ketones (excluding diaryl/α,β-unsaturated/α-hetero) is 1. The molecule has 1 fully saturated rings. The van der Waals surface area contributed by atoms with Crippen LogP contribution in [0.1, 0.15) is 26.2 Å². The molecule has 0 bridgehead atoms. The third kappa shape index (κ3) is 2.82. The highest BCUT2D eigenvalue weighted by molar-refractivity contribution is 7.93. The van der Waals surface area contributed by atoms with Crippen molar-refractivity contribution >= 4 is 27.5 Å². The summed E-state index contributed by atoms with van der Waals surface area (Å²) >= 11 is 0. The van der Waals surface area contributed by atoms with Crippen molar-refractivity contribution in [2.75, 3.05) is 13.7 Å². The average Bonchev–Trinajstić information content (AvgIpc) is 3.01. The maximum absolute atomic E-state index is 13.2. The zero-order chi connectivity index (χ0) is 18.0. The molecule has 1 amide bonds. The molecule has 1 aliphatic heterocycles. The number of carbonyl (C=O) groups excluding carboxylic acids is 3. The van der Waals surface area contributed by atoms with E-state index >= 15 is 0 Å². The van der Waals surface area contributed by atoms with Gasteiger partial charge in [0.15, 0.2) is 0 Å². The third-order valence-electron chi connectivity index (χ3n) is 4.04. The fraction of sp³-hybridized carbons (Fsp3) is 0.438. The molecular formula is C16H19NO6S. The second-order valence-corrected chi connectivity index (χ2v) is 7.77. The van der Waals surface area contributed by atoms with Gasteiger partial charge in [-0.25, -0.2) is 13.2 Å². The van der Waals surface area contributed by atoms with E-state index in [4.69, 9.17) is 4.74 Å². The molecule has 1 aromatic rings. The standard InChI is InChI=1S/C16H19NO6S/c1-12(18)11-14(19)17-10-6-9-16(17,15(20)23-2)24(21,22)13-7-4-3-5-8-13/h3-5,7-8H,6,9-11H2,1-2H3/t16-/m0/s1. The lowest BCUT2D eigenvalue weighted by molar-refractivity contribution is -0.154. The van der Waals surface area contributed by atoms with E-state index in [1.54, 1.807) is 6.07 Å². The molecule has 130 valence electrons. The van der Waals surface area contributed by atoms with Crippen LogP contribution in [-0.2, 0) is 29.0 Å². The first-order chi connectivity index (χ1) is 11.3. The number of likely N-dealkylation sites (tertiary alicyclic amines) is 1. The first kappa shape index (κ1) is 18.1. The minimum Gasteiger partial charge on any atom is -0.466 e. The van der Waals surface area contributed by atoms with E-state index in [1.165, 1.54) is 31.2 Å². The summed E-state index contributed by atoms with van der Waals surface area (Å²) in [5.74, 6) is -2.10. The summed E-state index contributed by atoms with van der Waals surface area (Å²) in [5, 5.41) is 0. The first-order valence-corrected chi connectivity index (χ1v) is 8.93. The second-order valence-electron chi connectivity index (χ2n) is 5.62. The summed E-state index contributed by atoms with van der Waals surface area (Å²) in [7, 11) is -3.14. The Bertz CT molecular complexity index is 758. The number of carbonyl (C=O) groups is 3. The summed E-state index contributed by atoms with van der Waals surface area (Å²) in [6, 6.07) is 7.46. The molecule has 0 spiro atoms. The van der Waals surface area contributed by atoms with E-state index in [-0.39, 0.29) is 17.9 Å². The normalized spacial score (nSPS) is 20.7. The lowest BCUT2D eigenvalue weighted by Gasteiger charge is -2.35. The van der Waals surface area contributed by atoms with Gasteiger partial charge in [0.25, 0.3) is 0 Å². The maximum atomic E-state index is 13.2. The van der Waals surface area contributed by atoms with E-state index < -0.39 is 38.8 Å². The number of hydrogen-bond donors (Lipinski definition) is 0. The van der Waals surface area contributed by atoms with Crippen LogP contribution >= 0.6 is 0 Å². The topological polar surface area (TPSA) is 97.8 Å². The number of benzene rings is 1. The summed E-state index contributed by atoms with van der Waals surface area (Å²) in [5.41, 5.74) is 0. The molecule has 0 N–H and O–H groups in total. The molecule has 1 aromatic carbocycles. The molecule has 7 nitrogen and oxygen atoms in total. The number of nitrogens with zero attached hydrogens (tertiary/aromatic N) is 1. The third-order valence-corrected chi connectivity index (χ3v) is 6.41. The van der Waals surface area contributed by atoms with Crippen LogP contribution in [0.2, 0.25) is 0 Å². The zero-order valence-electron chi connectivity index (χ0n) is 13.5. The van der Waals surface area contributed by atoms with Crippen molar-refractivity contribution < 1.29 is 27.5 Å².